The second kappa shape index (κ2) is 12.5. The lowest BCUT2D eigenvalue weighted by atomic mass is 9.85. The molecule has 0 amide bonds. The third-order valence-corrected chi connectivity index (χ3v) is 6.17. The highest BCUT2D eigenvalue weighted by molar-refractivity contribution is 7.80. The predicted molar refractivity (Wildman–Crippen MR) is 140 cm³/mol. The molecule has 0 radical (unpaired) electrons. The number of methoxy groups -OCH3 is 3. The van der Waals surface area contributed by atoms with E-state index in [0.29, 0.717) is 11.1 Å². The first kappa shape index (κ1) is 28.6. The zero-order valence-electron chi connectivity index (χ0n) is 21.5. The van der Waals surface area contributed by atoms with E-state index in [1.807, 2.05) is 0 Å². The second-order valence-electron chi connectivity index (χ2n) is 8.30. The Hall–Kier alpha value is -3.99. The van der Waals surface area contributed by atoms with Crippen molar-refractivity contribution >= 4 is 23.2 Å². The molecule has 0 fully saturated rings. The molecule has 2 aromatic carbocycles. The van der Waals surface area contributed by atoms with Crippen LogP contribution >= 0.6 is 12.2 Å². The van der Waals surface area contributed by atoms with Crippen molar-refractivity contribution in [2.45, 2.75) is 31.9 Å². The lowest BCUT2D eigenvalue weighted by Gasteiger charge is -2.28. The molecule has 3 rings (SSSR count). The minimum absolute atomic E-state index is 0.00969. The quantitative estimate of drug-likeness (QED) is 0.281. The molecule has 2 N–H and O–H groups in total. The molecule has 0 saturated carbocycles. The summed E-state index contributed by atoms with van der Waals surface area (Å²) < 4.78 is 49.6. The summed E-state index contributed by atoms with van der Waals surface area (Å²) in [7, 11) is 4.17. The normalized spacial score (nSPS) is 12.4. The van der Waals surface area contributed by atoms with E-state index in [1.165, 1.54) is 76.9 Å². The Morgan fingerprint density at radius 2 is 1.45 bits per heavy atom. The number of pyridine rings is 1. The maximum Gasteiger partial charge on any atom is 0.328 e. The number of carbonyl (C=O) groups is 1. The van der Waals surface area contributed by atoms with Crippen LogP contribution < -0.4 is 19.5 Å². The van der Waals surface area contributed by atoms with Gasteiger partial charge < -0.3 is 29.4 Å². The van der Waals surface area contributed by atoms with E-state index in [1.54, 1.807) is 6.92 Å². The zero-order valence-corrected chi connectivity index (χ0v) is 22.3. The Balaban J connectivity index is 1.89. The number of hydrogen-bond acceptors (Lipinski definition) is 8. The summed E-state index contributed by atoms with van der Waals surface area (Å²) in [5.41, 5.74) is 1.04. The lowest BCUT2D eigenvalue weighted by Crippen LogP contribution is -2.41. The number of halogens is 2. The largest absolute Gasteiger partial charge is 0.503 e. The smallest absolute Gasteiger partial charge is 0.328 e. The molecule has 0 aliphatic carbocycles. The number of rotatable bonds is 10. The van der Waals surface area contributed by atoms with Gasteiger partial charge in [-0.2, -0.15) is 0 Å². The minimum Gasteiger partial charge on any atom is -0.503 e. The summed E-state index contributed by atoms with van der Waals surface area (Å²) in [4.78, 5) is 17.1. The van der Waals surface area contributed by atoms with Crippen LogP contribution in [-0.4, -0.2) is 54.5 Å². The highest BCUT2D eigenvalue weighted by Crippen LogP contribution is 2.40. The van der Waals surface area contributed by atoms with Gasteiger partial charge in [0.2, 0.25) is 0 Å². The van der Waals surface area contributed by atoms with Gasteiger partial charge in [-0.25, -0.2) is 18.6 Å². The molecule has 0 unspecified atom stereocenters. The monoisotopic (exact) mass is 546 g/mol. The van der Waals surface area contributed by atoms with Crippen molar-refractivity contribution in [3.8, 4) is 23.0 Å². The number of thiocarbonyl (C=S) groups is 1. The Kier molecular flexibility index (Phi) is 9.40. The summed E-state index contributed by atoms with van der Waals surface area (Å²) in [6.07, 6.45) is 0.561. The molecule has 0 spiro atoms. The highest BCUT2D eigenvalue weighted by Gasteiger charge is 2.32. The van der Waals surface area contributed by atoms with Crippen LogP contribution in [-0.2, 0) is 9.53 Å². The third kappa shape index (κ3) is 6.28. The van der Waals surface area contributed by atoms with E-state index in [0.717, 1.165) is 0 Å². The van der Waals surface area contributed by atoms with Crippen LogP contribution in [0.3, 0.4) is 0 Å². The van der Waals surface area contributed by atoms with E-state index in [2.05, 4.69) is 10.3 Å². The Bertz CT molecular complexity index is 1270. The number of aromatic nitrogens is 1. The predicted octanol–water partition coefficient (Wildman–Crippen LogP) is 4.51. The molecule has 2 atom stereocenters. The molecule has 0 aliphatic heterocycles. The molecule has 1 aromatic heterocycles. The third-order valence-electron chi connectivity index (χ3n) is 5.86. The van der Waals surface area contributed by atoms with Crippen molar-refractivity contribution in [2.75, 3.05) is 21.3 Å². The first-order valence-corrected chi connectivity index (χ1v) is 11.9. The molecule has 0 bridgehead atoms. The van der Waals surface area contributed by atoms with Gasteiger partial charge in [-0.05, 0) is 26.0 Å². The van der Waals surface area contributed by atoms with Crippen molar-refractivity contribution in [3.05, 3.63) is 77.1 Å². The first-order chi connectivity index (χ1) is 18.1. The second-order valence-corrected chi connectivity index (χ2v) is 8.71. The molecule has 0 saturated heterocycles. The summed E-state index contributed by atoms with van der Waals surface area (Å²) in [6, 6.07) is 8.49. The maximum atomic E-state index is 14.0. The minimum atomic E-state index is -0.941. The van der Waals surface area contributed by atoms with Crippen LogP contribution in [0.5, 0.6) is 23.0 Å². The van der Waals surface area contributed by atoms with Crippen LogP contribution in [0.15, 0.2) is 48.7 Å². The van der Waals surface area contributed by atoms with Gasteiger partial charge in [0.15, 0.2) is 11.5 Å². The highest BCUT2D eigenvalue weighted by atomic mass is 32.1. The first-order valence-electron chi connectivity index (χ1n) is 11.5. The number of esters is 1. The van der Waals surface area contributed by atoms with E-state index >= 15 is 0 Å². The van der Waals surface area contributed by atoms with Gasteiger partial charge in [-0.15, -0.1) is 0 Å². The Morgan fingerprint density at radius 1 is 0.921 bits per heavy atom. The fraction of sp³-hybridized carbons (Fsp3) is 0.296. The molecule has 3 aromatic rings. The number of aromatic hydroxyl groups is 1. The molecule has 1 heterocycles. The van der Waals surface area contributed by atoms with Crippen molar-refractivity contribution in [3.63, 3.8) is 0 Å². The van der Waals surface area contributed by atoms with Gasteiger partial charge in [-0.3, -0.25) is 0 Å². The topological polar surface area (TPSA) is 99.1 Å². The molecular weight excluding hydrogens is 518 g/mol. The number of ether oxygens (including phenoxy) is 4. The Labute approximate surface area is 224 Å². The number of carbonyl (C=O) groups excluding carboxylic acids is 1. The molecule has 8 nitrogen and oxygen atoms in total. The standard InChI is InChI=1S/C27H28F2N2O6S/c1-14(31-26(38)24-25(32)20(34-3)10-11-30-24)27(33)37-15(2)23(18-8-6-16(28)12-21(18)35-4)19-9-7-17(29)13-22(19)36-5/h6-15,23,32H,1-5H3,(H,31,38)/t14-,15-/m0/s1. The molecule has 11 heteroatoms. The van der Waals surface area contributed by atoms with Gasteiger partial charge in [0.25, 0.3) is 0 Å². The molecule has 202 valence electrons. The van der Waals surface area contributed by atoms with Gasteiger partial charge in [0.1, 0.15) is 46.0 Å². The van der Waals surface area contributed by atoms with Crippen molar-refractivity contribution in [1.29, 1.82) is 0 Å². The molecule has 0 aliphatic rings. The van der Waals surface area contributed by atoms with Crippen LogP contribution in [0.1, 0.15) is 36.6 Å². The van der Waals surface area contributed by atoms with Crippen molar-refractivity contribution in [2.24, 2.45) is 0 Å². The van der Waals surface area contributed by atoms with Gasteiger partial charge in [-0.1, -0.05) is 24.4 Å². The summed E-state index contributed by atoms with van der Waals surface area (Å²) in [5, 5.41) is 13.1. The SMILES string of the molecule is COc1cc(F)ccc1C(c1ccc(F)cc1OC)[C@H](C)OC(=O)[C@H](C)NC(=S)c1nccc(OC)c1O. The van der Waals surface area contributed by atoms with Crippen LogP contribution in [0.4, 0.5) is 8.78 Å². The van der Waals surface area contributed by atoms with Gasteiger partial charge in [0.05, 0.1) is 27.2 Å². The van der Waals surface area contributed by atoms with E-state index in [-0.39, 0.29) is 33.7 Å². The fourth-order valence-corrected chi connectivity index (χ4v) is 4.33. The number of hydrogen-bond donors (Lipinski definition) is 2. The van der Waals surface area contributed by atoms with Crippen LogP contribution in [0, 0.1) is 11.6 Å². The van der Waals surface area contributed by atoms with Crippen molar-refractivity contribution in [1.82, 2.24) is 10.3 Å². The fourth-order valence-electron chi connectivity index (χ4n) is 4.00. The van der Waals surface area contributed by atoms with E-state index in [9.17, 15) is 18.7 Å². The van der Waals surface area contributed by atoms with E-state index < -0.39 is 35.7 Å². The van der Waals surface area contributed by atoms with Crippen LogP contribution in [0.2, 0.25) is 0 Å². The Morgan fingerprint density at radius 3 is 1.95 bits per heavy atom. The number of nitrogens with zero attached hydrogens (tertiary/aromatic N) is 1. The van der Waals surface area contributed by atoms with E-state index in [4.69, 9.17) is 31.2 Å². The van der Waals surface area contributed by atoms with Gasteiger partial charge in [0, 0.05) is 35.5 Å². The zero-order chi connectivity index (χ0) is 28.0. The maximum absolute atomic E-state index is 14.0. The summed E-state index contributed by atoms with van der Waals surface area (Å²) in [6.45, 7) is 3.18. The average Bonchev–Trinajstić information content (AvgIpc) is 2.90. The summed E-state index contributed by atoms with van der Waals surface area (Å²) in [5.74, 6) is -2.07. The average molecular weight is 547 g/mol. The summed E-state index contributed by atoms with van der Waals surface area (Å²) >= 11 is 5.32. The van der Waals surface area contributed by atoms with Crippen molar-refractivity contribution < 1.29 is 37.6 Å². The lowest BCUT2D eigenvalue weighted by molar-refractivity contribution is -0.150. The molecule has 38 heavy (non-hydrogen) atoms. The van der Waals surface area contributed by atoms with Gasteiger partial charge >= 0.3 is 5.97 Å². The number of nitrogens with one attached hydrogen (secondary N) is 1. The number of benzene rings is 2. The van der Waals surface area contributed by atoms with Crippen LogP contribution in [0.25, 0.3) is 0 Å². The molecular formula is C27H28F2N2O6S.